The monoisotopic (exact) mass is 402 g/mol. The van der Waals surface area contributed by atoms with Crippen LogP contribution in [0.5, 0.6) is 5.75 Å². The highest BCUT2D eigenvalue weighted by Gasteiger charge is 2.12. The summed E-state index contributed by atoms with van der Waals surface area (Å²) in [6, 6.07) is 5.52. The summed E-state index contributed by atoms with van der Waals surface area (Å²) >= 11 is 0. The van der Waals surface area contributed by atoms with E-state index in [9.17, 15) is 4.21 Å². The Morgan fingerprint density at radius 3 is 2.57 bits per heavy atom. The summed E-state index contributed by atoms with van der Waals surface area (Å²) in [5.41, 5.74) is 4.50. The van der Waals surface area contributed by atoms with Crippen LogP contribution in [0.2, 0.25) is 0 Å². The highest BCUT2D eigenvalue weighted by atomic mass is 32.2. The van der Waals surface area contributed by atoms with Crippen molar-refractivity contribution in [2.24, 2.45) is 5.92 Å². The van der Waals surface area contributed by atoms with Crippen LogP contribution in [-0.4, -0.2) is 28.4 Å². The van der Waals surface area contributed by atoms with E-state index in [-0.39, 0.29) is 0 Å². The number of rotatable bonds is 8. The Bertz CT molecular complexity index is 954. The van der Waals surface area contributed by atoms with Crippen LogP contribution in [-0.2, 0) is 15.5 Å². The maximum atomic E-state index is 12.8. The topological polar surface area (TPSA) is 64.2 Å². The second-order valence-electron chi connectivity index (χ2n) is 6.92. The molecule has 1 aromatic carbocycles. The number of fused-ring (bicyclic) bond motifs is 1. The SMILES string of the molecule is CCC(C)C=C(C)/C(OC)=C(C)\C(C)=C/S(=O)c1nc2ccc(OC)cc2[nH]1. The third kappa shape index (κ3) is 5.13. The fourth-order valence-corrected chi connectivity index (χ4v) is 3.91. The molecule has 5 nitrogen and oxygen atoms in total. The van der Waals surface area contributed by atoms with E-state index in [1.54, 1.807) is 19.6 Å². The lowest BCUT2D eigenvalue weighted by Gasteiger charge is -2.14. The van der Waals surface area contributed by atoms with E-state index in [1.807, 2.05) is 39.0 Å². The van der Waals surface area contributed by atoms with Crippen LogP contribution >= 0.6 is 0 Å². The van der Waals surface area contributed by atoms with Crippen molar-refractivity contribution >= 4 is 21.8 Å². The molecule has 0 radical (unpaired) electrons. The summed E-state index contributed by atoms with van der Waals surface area (Å²) < 4.78 is 23.7. The van der Waals surface area contributed by atoms with Crippen molar-refractivity contribution in [2.45, 2.75) is 46.2 Å². The highest BCUT2D eigenvalue weighted by molar-refractivity contribution is 7.87. The molecule has 0 saturated carbocycles. The number of aromatic amines is 1. The minimum atomic E-state index is -1.40. The molecule has 1 heterocycles. The highest BCUT2D eigenvalue weighted by Crippen LogP contribution is 2.25. The summed E-state index contributed by atoms with van der Waals surface area (Å²) in [7, 11) is 1.89. The summed E-state index contributed by atoms with van der Waals surface area (Å²) in [6.07, 6.45) is 3.28. The fraction of sp³-hybridized carbons (Fsp3) is 0.409. The van der Waals surface area contributed by atoms with E-state index in [1.165, 1.54) is 0 Å². The molecule has 2 unspecified atom stereocenters. The van der Waals surface area contributed by atoms with Gasteiger partial charge in [-0.15, -0.1) is 0 Å². The first kappa shape index (κ1) is 22.0. The number of nitrogens with one attached hydrogen (secondary N) is 1. The number of ether oxygens (including phenoxy) is 2. The van der Waals surface area contributed by atoms with E-state index in [0.29, 0.717) is 11.1 Å². The fourth-order valence-electron chi connectivity index (χ4n) is 2.90. The standard InChI is InChI=1S/C22H30N2O3S/c1-8-14(2)11-15(3)21(27-7)17(5)16(4)13-28(25)22-23-19-10-9-18(26-6)12-20(19)24-22/h9-14H,8H2,1-7H3,(H,23,24)/b15-11?,16-13-,21-17+. The number of allylic oxidation sites excluding steroid dienone is 4. The van der Waals surface area contributed by atoms with Crippen molar-refractivity contribution < 1.29 is 13.7 Å². The number of H-pyrrole nitrogens is 1. The quantitative estimate of drug-likeness (QED) is 0.468. The van der Waals surface area contributed by atoms with E-state index in [0.717, 1.165) is 45.7 Å². The van der Waals surface area contributed by atoms with Crippen molar-refractivity contribution in [3.63, 3.8) is 0 Å². The predicted molar refractivity (Wildman–Crippen MR) is 116 cm³/mol. The van der Waals surface area contributed by atoms with E-state index < -0.39 is 10.8 Å². The Hall–Kier alpha value is -2.34. The van der Waals surface area contributed by atoms with Gasteiger partial charge in [-0.25, -0.2) is 9.19 Å². The first-order chi connectivity index (χ1) is 13.3. The smallest absolute Gasteiger partial charge is 0.201 e. The summed E-state index contributed by atoms with van der Waals surface area (Å²) in [5, 5.41) is 2.13. The van der Waals surface area contributed by atoms with Crippen LogP contribution in [0.3, 0.4) is 0 Å². The lowest BCUT2D eigenvalue weighted by atomic mass is 10.0. The molecule has 0 amide bonds. The Labute approximate surface area is 170 Å². The van der Waals surface area contributed by atoms with Crippen LogP contribution in [0, 0.1) is 5.92 Å². The molecule has 2 aromatic rings. The lowest BCUT2D eigenvalue weighted by Crippen LogP contribution is -1.99. The van der Waals surface area contributed by atoms with Crippen molar-refractivity contribution in [2.75, 3.05) is 14.2 Å². The molecule has 0 spiro atoms. The molecule has 0 aliphatic carbocycles. The molecule has 1 N–H and O–H groups in total. The summed E-state index contributed by atoms with van der Waals surface area (Å²) in [4.78, 5) is 7.56. The lowest BCUT2D eigenvalue weighted by molar-refractivity contribution is 0.296. The van der Waals surface area contributed by atoms with Crippen molar-refractivity contribution in [1.82, 2.24) is 9.97 Å². The largest absolute Gasteiger partial charge is 0.497 e. The Kier molecular flexibility index (Phi) is 7.63. The van der Waals surface area contributed by atoms with Gasteiger partial charge in [0.05, 0.1) is 25.3 Å². The van der Waals surface area contributed by atoms with Crippen LogP contribution in [0.4, 0.5) is 0 Å². The minimum absolute atomic E-state index is 0.418. The average molecular weight is 403 g/mol. The van der Waals surface area contributed by atoms with Gasteiger partial charge in [-0.05, 0) is 55.5 Å². The first-order valence-electron chi connectivity index (χ1n) is 9.37. The molecule has 0 aliphatic heterocycles. The number of nitrogens with zero attached hydrogens (tertiary/aromatic N) is 1. The Balaban J connectivity index is 2.34. The molecule has 152 valence electrons. The average Bonchev–Trinajstić information content (AvgIpc) is 3.11. The van der Waals surface area contributed by atoms with Gasteiger partial charge in [-0.2, -0.15) is 0 Å². The Morgan fingerprint density at radius 1 is 1.25 bits per heavy atom. The van der Waals surface area contributed by atoms with Crippen molar-refractivity contribution in [3.05, 3.63) is 52.2 Å². The van der Waals surface area contributed by atoms with Gasteiger partial charge in [0, 0.05) is 11.5 Å². The molecule has 0 aliphatic rings. The number of aromatic nitrogens is 2. The molecule has 0 bridgehead atoms. The molecular formula is C22H30N2O3S. The van der Waals surface area contributed by atoms with E-state index in [2.05, 4.69) is 29.9 Å². The van der Waals surface area contributed by atoms with Gasteiger partial charge < -0.3 is 14.5 Å². The second-order valence-corrected chi connectivity index (χ2v) is 8.13. The maximum absolute atomic E-state index is 12.8. The number of benzene rings is 1. The summed E-state index contributed by atoms with van der Waals surface area (Å²) in [5.74, 6) is 2.02. The zero-order chi connectivity index (χ0) is 20.8. The zero-order valence-corrected chi connectivity index (χ0v) is 18.6. The van der Waals surface area contributed by atoms with Gasteiger partial charge in [0.25, 0.3) is 0 Å². The molecule has 1 aromatic heterocycles. The minimum Gasteiger partial charge on any atom is -0.497 e. The number of methoxy groups -OCH3 is 2. The van der Waals surface area contributed by atoms with Gasteiger partial charge >= 0.3 is 0 Å². The van der Waals surface area contributed by atoms with E-state index >= 15 is 0 Å². The predicted octanol–water partition coefficient (Wildman–Crippen LogP) is 5.50. The Morgan fingerprint density at radius 2 is 1.96 bits per heavy atom. The number of imidazole rings is 1. The van der Waals surface area contributed by atoms with Crippen LogP contribution < -0.4 is 4.74 Å². The van der Waals surface area contributed by atoms with Gasteiger partial charge in [-0.3, -0.25) is 0 Å². The molecule has 6 heteroatoms. The molecular weight excluding hydrogens is 372 g/mol. The van der Waals surface area contributed by atoms with Gasteiger partial charge in [0.15, 0.2) is 0 Å². The number of hydrogen-bond donors (Lipinski definition) is 1. The van der Waals surface area contributed by atoms with E-state index in [4.69, 9.17) is 9.47 Å². The first-order valence-corrected chi connectivity index (χ1v) is 10.6. The normalized spacial score (nSPS) is 16.0. The molecule has 0 saturated heterocycles. The third-order valence-corrected chi connectivity index (χ3v) is 5.96. The number of hydrogen-bond acceptors (Lipinski definition) is 4. The third-order valence-electron chi connectivity index (χ3n) is 4.81. The molecule has 2 atom stereocenters. The van der Waals surface area contributed by atoms with Crippen LogP contribution in [0.15, 0.2) is 57.3 Å². The van der Waals surface area contributed by atoms with Crippen molar-refractivity contribution in [1.29, 1.82) is 0 Å². The van der Waals surface area contributed by atoms with Gasteiger partial charge in [-0.1, -0.05) is 26.3 Å². The maximum Gasteiger partial charge on any atom is 0.201 e. The second kappa shape index (κ2) is 9.73. The van der Waals surface area contributed by atoms with Crippen LogP contribution in [0.25, 0.3) is 11.0 Å². The molecule has 28 heavy (non-hydrogen) atoms. The zero-order valence-electron chi connectivity index (χ0n) is 17.8. The van der Waals surface area contributed by atoms with Crippen LogP contribution in [0.1, 0.15) is 41.0 Å². The van der Waals surface area contributed by atoms with Gasteiger partial charge in [0.1, 0.15) is 22.3 Å². The van der Waals surface area contributed by atoms with Gasteiger partial charge in [0.2, 0.25) is 5.16 Å². The molecule has 0 fully saturated rings. The molecule has 2 rings (SSSR count). The van der Waals surface area contributed by atoms with Crippen molar-refractivity contribution in [3.8, 4) is 5.75 Å². The summed E-state index contributed by atoms with van der Waals surface area (Å²) in [6.45, 7) is 10.3.